The van der Waals surface area contributed by atoms with Gasteiger partial charge in [0.25, 0.3) is 5.91 Å². The zero-order valence-electron chi connectivity index (χ0n) is 15.3. The van der Waals surface area contributed by atoms with Crippen LogP contribution in [0.2, 0.25) is 0 Å². The van der Waals surface area contributed by atoms with Crippen molar-refractivity contribution in [2.45, 2.75) is 33.8 Å². The van der Waals surface area contributed by atoms with E-state index in [9.17, 15) is 4.79 Å². The van der Waals surface area contributed by atoms with Crippen LogP contribution in [0, 0.1) is 13.8 Å². The van der Waals surface area contributed by atoms with Crippen molar-refractivity contribution in [1.82, 2.24) is 15.6 Å². The summed E-state index contributed by atoms with van der Waals surface area (Å²) in [5.74, 6) is 0.772. The molecule has 0 unspecified atom stereocenters. The van der Waals surface area contributed by atoms with Gasteiger partial charge >= 0.3 is 0 Å². The molecule has 0 radical (unpaired) electrons. The summed E-state index contributed by atoms with van der Waals surface area (Å²) >= 11 is 0. The first-order valence-corrected chi connectivity index (χ1v) is 8.73. The third-order valence-corrected chi connectivity index (χ3v) is 3.84. The largest absolute Gasteiger partial charge is 0.488 e. The van der Waals surface area contributed by atoms with Gasteiger partial charge in [0.15, 0.2) is 0 Å². The van der Waals surface area contributed by atoms with Crippen molar-refractivity contribution < 1.29 is 9.53 Å². The van der Waals surface area contributed by atoms with E-state index in [0.29, 0.717) is 18.7 Å². The first-order valence-electron chi connectivity index (χ1n) is 8.73. The van der Waals surface area contributed by atoms with E-state index in [1.54, 1.807) is 12.4 Å². The molecule has 0 bridgehead atoms. The van der Waals surface area contributed by atoms with Crippen molar-refractivity contribution in [3.63, 3.8) is 0 Å². The Morgan fingerprint density at radius 1 is 1.16 bits per heavy atom. The number of aromatic nitrogens is 1. The summed E-state index contributed by atoms with van der Waals surface area (Å²) in [6, 6.07) is 7.62. The van der Waals surface area contributed by atoms with Crippen molar-refractivity contribution in [2.24, 2.45) is 0 Å². The van der Waals surface area contributed by atoms with Gasteiger partial charge in [-0.2, -0.15) is 0 Å². The predicted molar refractivity (Wildman–Crippen MR) is 100.0 cm³/mol. The topological polar surface area (TPSA) is 63.2 Å². The van der Waals surface area contributed by atoms with Gasteiger partial charge in [-0.05, 0) is 56.1 Å². The van der Waals surface area contributed by atoms with Crippen LogP contribution in [0.1, 0.15) is 40.4 Å². The molecule has 0 saturated heterocycles. The zero-order valence-corrected chi connectivity index (χ0v) is 15.3. The maximum absolute atomic E-state index is 12.3. The molecule has 0 fully saturated rings. The van der Waals surface area contributed by atoms with Crippen LogP contribution >= 0.6 is 0 Å². The summed E-state index contributed by atoms with van der Waals surface area (Å²) in [5.41, 5.74) is 3.60. The minimum Gasteiger partial charge on any atom is -0.488 e. The number of hydrogen-bond acceptors (Lipinski definition) is 4. The number of aryl methyl sites for hydroxylation is 2. The van der Waals surface area contributed by atoms with Crippen LogP contribution < -0.4 is 15.4 Å². The van der Waals surface area contributed by atoms with Crippen molar-refractivity contribution in [3.05, 3.63) is 58.9 Å². The third-order valence-electron chi connectivity index (χ3n) is 3.84. The Labute approximate surface area is 149 Å². The second-order valence-corrected chi connectivity index (χ2v) is 6.10. The monoisotopic (exact) mass is 341 g/mol. The van der Waals surface area contributed by atoms with Crippen molar-refractivity contribution in [3.8, 4) is 5.75 Å². The number of carbonyl (C=O) groups excluding carboxylic acids is 1. The fourth-order valence-corrected chi connectivity index (χ4v) is 2.62. The Balaban J connectivity index is 1.95. The number of nitrogens with zero attached hydrogens (tertiary/aromatic N) is 1. The summed E-state index contributed by atoms with van der Waals surface area (Å²) in [6.45, 7) is 8.88. The fourth-order valence-electron chi connectivity index (χ4n) is 2.62. The maximum Gasteiger partial charge on any atom is 0.251 e. The average molecular weight is 341 g/mol. The number of benzene rings is 1. The predicted octanol–water partition coefficient (Wildman–Crippen LogP) is 3.01. The van der Waals surface area contributed by atoms with Crippen LogP contribution in [0.4, 0.5) is 0 Å². The molecule has 0 spiro atoms. The molecular formula is C20H27N3O2. The van der Waals surface area contributed by atoms with Gasteiger partial charge < -0.3 is 15.4 Å². The lowest BCUT2D eigenvalue weighted by molar-refractivity contribution is 0.0953. The highest BCUT2D eigenvalue weighted by molar-refractivity contribution is 5.94. The molecule has 0 atom stereocenters. The molecule has 0 aliphatic carbocycles. The first kappa shape index (κ1) is 18.9. The minimum absolute atomic E-state index is 0.0525. The Kier molecular flexibility index (Phi) is 7.41. The highest BCUT2D eigenvalue weighted by atomic mass is 16.5. The molecule has 1 amide bonds. The highest BCUT2D eigenvalue weighted by Gasteiger charge is 2.11. The van der Waals surface area contributed by atoms with Crippen LogP contribution in [0.25, 0.3) is 0 Å². The smallest absolute Gasteiger partial charge is 0.251 e. The van der Waals surface area contributed by atoms with E-state index in [1.807, 2.05) is 38.1 Å². The number of pyridine rings is 1. The number of hydrogen-bond donors (Lipinski definition) is 2. The molecular weight excluding hydrogens is 314 g/mol. The van der Waals surface area contributed by atoms with Gasteiger partial charge in [0.1, 0.15) is 12.4 Å². The van der Waals surface area contributed by atoms with E-state index in [4.69, 9.17) is 4.74 Å². The summed E-state index contributed by atoms with van der Waals surface area (Å²) in [7, 11) is 0. The molecule has 2 aromatic rings. The molecule has 134 valence electrons. The lowest BCUT2D eigenvalue weighted by Gasteiger charge is -2.14. The van der Waals surface area contributed by atoms with E-state index >= 15 is 0 Å². The van der Waals surface area contributed by atoms with Gasteiger partial charge in [0, 0.05) is 36.6 Å². The van der Waals surface area contributed by atoms with Crippen molar-refractivity contribution in [2.75, 3.05) is 19.6 Å². The Morgan fingerprint density at radius 3 is 2.56 bits per heavy atom. The maximum atomic E-state index is 12.3. The van der Waals surface area contributed by atoms with Crippen molar-refractivity contribution >= 4 is 5.91 Å². The van der Waals surface area contributed by atoms with Crippen LogP contribution in [0.15, 0.2) is 36.7 Å². The standard InChI is InChI=1S/C20H27N3O2/c1-4-7-21-9-10-23-20(24)18-11-15(2)19(16(3)12-18)25-14-17-6-5-8-22-13-17/h5-6,8,11-13,21H,4,7,9-10,14H2,1-3H3,(H,23,24). The van der Waals surface area contributed by atoms with Crippen LogP contribution in [-0.4, -0.2) is 30.5 Å². The number of ether oxygens (including phenoxy) is 1. The molecule has 5 heteroatoms. The molecule has 1 heterocycles. The Morgan fingerprint density at radius 2 is 1.92 bits per heavy atom. The molecule has 0 aliphatic heterocycles. The van der Waals surface area contributed by atoms with E-state index in [2.05, 4.69) is 22.5 Å². The molecule has 1 aromatic heterocycles. The Bertz CT molecular complexity index is 664. The lowest BCUT2D eigenvalue weighted by atomic mass is 10.0. The van der Waals surface area contributed by atoms with Crippen LogP contribution in [-0.2, 0) is 6.61 Å². The lowest BCUT2D eigenvalue weighted by Crippen LogP contribution is -2.32. The molecule has 5 nitrogen and oxygen atoms in total. The third kappa shape index (κ3) is 5.87. The normalized spacial score (nSPS) is 10.5. The number of amides is 1. The van der Waals surface area contributed by atoms with E-state index in [-0.39, 0.29) is 5.91 Å². The summed E-state index contributed by atoms with van der Waals surface area (Å²) < 4.78 is 5.93. The Hall–Kier alpha value is -2.40. The second kappa shape index (κ2) is 9.79. The van der Waals surface area contributed by atoms with Crippen LogP contribution in [0.5, 0.6) is 5.75 Å². The average Bonchev–Trinajstić information content (AvgIpc) is 2.61. The highest BCUT2D eigenvalue weighted by Crippen LogP contribution is 2.25. The summed E-state index contributed by atoms with van der Waals surface area (Å²) in [4.78, 5) is 16.4. The molecule has 1 aromatic carbocycles. The fraction of sp³-hybridized carbons (Fsp3) is 0.400. The van der Waals surface area contributed by atoms with E-state index in [1.165, 1.54) is 0 Å². The van der Waals surface area contributed by atoms with E-state index < -0.39 is 0 Å². The molecule has 0 aliphatic rings. The summed E-state index contributed by atoms with van der Waals surface area (Å²) in [6.07, 6.45) is 4.62. The first-order chi connectivity index (χ1) is 12.1. The number of rotatable bonds is 9. The van der Waals surface area contributed by atoms with Gasteiger partial charge in [0.05, 0.1) is 0 Å². The van der Waals surface area contributed by atoms with Gasteiger partial charge in [-0.15, -0.1) is 0 Å². The van der Waals surface area contributed by atoms with Crippen molar-refractivity contribution in [1.29, 1.82) is 0 Å². The van der Waals surface area contributed by atoms with Crippen LogP contribution in [0.3, 0.4) is 0 Å². The minimum atomic E-state index is -0.0525. The van der Waals surface area contributed by atoms with Gasteiger partial charge in [-0.3, -0.25) is 9.78 Å². The molecule has 2 N–H and O–H groups in total. The summed E-state index contributed by atoms with van der Waals surface area (Å²) in [5, 5.41) is 6.21. The quantitative estimate of drug-likeness (QED) is 0.688. The molecule has 0 saturated carbocycles. The number of nitrogens with one attached hydrogen (secondary N) is 2. The van der Waals surface area contributed by atoms with E-state index in [0.717, 1.165) is 42.0 Å². The second-order valence-electron chi connectivity index (χ2n) is 6.10. The number of carbonyl (C=O) groups is 1. The molecule has 2 rings (SSSR count). The zero-order chi connectivity index (χ0) is 18.1. The van der Waals surface area contributed by atoms with Gasteiger partial charge in [-0.1, -0.05) is 13.0 Å². The SMILES string of the molecule is CCCNCCNC(=O)c1cc(C)c(OCc2cccnc2)c(C)c1. The molecule has 25 heavy (non-hydrogen) atoms. The van der Waals surface area contributed by atoms with Gasteiger partial charge in [-0.25, -0.2) is 0 Å². The van der Waals surface area contributed by atoms with Gasteiger partial charge in [0.2, 0.25) is 0 Å².